The molecule has 0 radical (unpaired) electrons. The summed E-state index contributed by atoms with van der Waals surface area (Å²) in [5.41, 5.74) is 0.268. The van der Waals surface area contributed by atoms with Crippen LogP contribution in [0.15, 0.2) is 12.6 Å². The average molecular weight is 298 g/mol. The Morgan fingerprint density at radius 2 is 2.15 bits per heavy atom. The van der Waals surface area contributed by atoms with Crippen molar-refractivity contribution in [1.82, 2.24) is 15.0 Å². The number of benzene rings is 1. The molecule has 2 rings (SSSR count). The highest BCUT2D eigenvalue weighted by Gasteiger charge is 2.26. The second kappa shape index (κ2) is 5.50. The van der Waals surface area contributed by atoms with E-state index in [0.29, 0.717) is 23.9 Å². The van der Waals surface area contributed by atoms with Gasteiger partial charge in [-0.1, -0.05) is 43.3 Å². The van der Waals surface area contributed by atoms with Gasteiger partial charge in [0.1, 0.15) is 16.1 Å². The molecule has 108 valence electrons. The van der Waals surface area contributed by atoms with Crippen molar-refractivity contribution in [2.45, 2.75) is 38.8 Å². The van der Waals surface area contributed by atoms with E-state index >= 15 is 0 Å². The van der Waals surface area contributed by atoms with Gasteiger partial charge in [-0.2, -0.15) is 0 Å². The van der Waals surface area contributed by atoms with Gasteiger partial charge in [-0.25, -0.2) is 9.07 Å². The largest absolute Gasteiger partial charge is 0.388 e. The van der Waals surface area contributed by atoms with Gasteiger partial charge in [0.05, 0.1) is 12.1 Å². The quantitative estimate of drug-likeness (QED) is 0.920. The molecule has 0 saturated heterocycles. The van der Waals surface area contributed by atoms with Gasteiger partial charge in [0.25, 0.3) is 0 Å². The minimum absolute atomic E-state index is 0.0445. The minimum atomic E-state index is -0.905. The Hall–Kier alpha value is -1.46. The van der Waals surface area contributed by atoms with E-state index in [1.807, 2.05) is 13.8 Å². The van der Waals surface area contributed by atoms with E-state index in [1.54, 1.807) is 6.07 Å². The third-order valence-corrected chi connectivity index (χ3v) is 4.03. The normalized spacial score (nSPS) is 12.1. The number of halogens is 2. The highest BCUT2D eigenvalue weighted by atomic mass is 35.5. The van der Waals surface area contributed by atoms with Crippen LogP contribution in [-0.2, 0) is 6.54 Å². The first-order chi connectivity index (χ1) is 9.45. The molecule has 0 aliphatic carbocycles. The fourth-order valence-electron chi connectivity index (χ4n) is 2.10. The molecule has 0 bridgehead atoms. The van der Waals surface area contributed by atoms with Gasteiger partial charge >= 0.3 is 0 Å². The fraction of sp³-hybridized carbons (Fsp3) is 0.429. The first-order valence-electron chi connectivity index (χ1n) is 6.51. The summed E-state index contributed by atoms with van der Waals surface area (Å²) < 4.78 is 15.5. The van der Waals surface area contributed by atoms with Gasteiger partial charge < -0.3 is 5.11 Å². The van der Waals surface area contributed by atoms with Crippen LogP contribution in [0.4, 0.5) is 4.39 Å². The van der Waals surface area contributed by atoms with Crippen molar-refractivity contribution in [2.75, 3.05) is 0 Å². The fourth-order valence-corrected chi connectivity index (χ4v) is 2.41. The SMILES string of the molecule is C=Cc1cc2nnn(CC(O)(CC)CC)c2c(Cl)c1F. The van der Waals surface area contributed by atoms with Crippen molar-refractivity contribution < 1.29 is 9.50 Å². The van der Waals surface area contributed by atoms with Gasteiger partial charge in [0.15, 0.2) is 5.82 Å². The highest BCUT2D eigenvalue weighted by Crippen LogP contribution is 2.30. The predicted molar refractivity (Wildman–Crippen MR) is 78.1 cm³/mol. The Morgan fingerprint density at radius 3 is 2.70 bits per heavy atom. The summed E-state index contributed by atoms with van der Waals surface area (Å²) in [6, 6.07) is 1.55. The van der Waals surface area contributed by atoms with Crippen molar-refractivity contribution in [3.8, 4) is 0 Å². The van der Waals surface area contributed by atoms with Crippen LogP contribution in [0, 0.1) is 5.82 Å². The molecule has 20 heavy (non-hydrogen) atoms. The standard InChI is InChI=1S/C14H17ClFN3O/c1-4-9-7-10-13(11(15)12(9)16)19(18-17-10)8-14(20,5-2)6-3/h4,7,20H,1,5-6,8H2,2-3H3. The third kappa shape index (κ3) is 2.43. The first kappa shape index (κ1) is 14.9. The van der Waals surface area contributed by atoms with E-state index < -0.39 is 11.4 Å². The van der Waals surface area contributed by atoms with Crippen LogP contribution in [0.1, 0.15) is 32.3 Å². The first-order valence-corrected chi connectivity index (χ1v) is 6.89. The number of rotatable bonds is 5. The summed E-state index contributed by atoms with van der Waals surface area (Å²) in [6.07, 6.45) is 2.51. The summed E-state index contributed by atoms with van der Waals surface area (Å²) in [4.78, 5) is 0. The van der Waals surface area contributed by atoms with Crippen LogP contribution < -0.4 is 0 Å². The smallest absolute Gasteiger partial charge is 0.151 e. The number of fused-ring (bicyclic) bond motifs is 1. The average Bonchev–Trinajstić information content (AvgIpc) is 2.85. The third-order valence-electron chi connectivity index (χ3n) is 3.69. The molecular weight excluding hydrogens is 281 g/mol. The topological polar surface area (TPSA) is 50.9 Å². The Kier molecular flexibility index (Phi) is 4.11. The number of nitrogens with zero attached hydrogens (tertiary/aromatic N) is 3. The second-order valence-electron chi connectivity index (χ2n) is 4.84. The second-order valence-corrected chi connectivity index (χ2v) is 5.22. The van der Waals surface area contributed by atoms with Gasteiger partial charge in [0, 0.05) is 5.56 Å². The molecule has 0 spiro atoms. The van der Waals surface area contributed by atoms with Crippen molar-refractivity contribution >= 4 is 28.7 Å². The summed E-state index contributed by atoms with van der Waals surface area (Å²) in [6.45, 7) is 7.54. The van der Waals surface area contributed by atoms with E-state index in [9.17, 15) is 9.50 Å². The molecule has 0 fully saturated rings. The maximum Gasteiger partial charge on any atom is 0.151 e. The Balaban J connectivity index is 2.57. The zero-order chi connectivity index (χ0) is 14.9. The monoisotopic (exact) mass is 297 g/mol. The molecule has 0 amide bonds. The Morgan fingerprint density at radius 1 is 1.50 bits per heavy atom. The summed E-state index contributed by atoms with van der Waals surface area (Å²) in [5.74, 6) is -0.547. The van der Waals surface area contributed by atoms with Crippen molar-refractivity contribution in [2.24, 2.45) is 0 Å². The van der Waals surface area contributed by atoms with Crippen molar-refractivity contribution in [3.05, 3.63) is 29.0 Å². The lowest BCUT2D eigenvalue weighted by molar-refractivity contribution is 0.0125. The zero-order valence-electron chi connectivity index (χ0n) is 11.5. The predicted octanol–water partition coefficient (Wildman–Crippen LogP) is 3.42. The van der Waals surface area contributed by atoms with Crippen molar-refractivity contribution in [3.63, 3.8) is 0 Å². The van der Waals surface area contributed by atoms with E-state index in [2.05, 4.69) is 16.9 Å². The summed E-state index contributed by atoms with van der Waals surface area (Å²) in [7, 11) is 0. The van der Waals surface area contributed by atoms with Crippen LogP contribution in [0.5, 0.6) is 0 Å². The molecule has 2 aromatic rings. The lowest BCUT2D eigenvalue weighted by Crippen LogP contribution is -2.33. The van der Waals surface area contributed by atoms with Crippen molar-refractivity contribution in [1.29, 1.82) is 0 Å². The minimum Gasteiger partial charge on any atom is -0.388 e. The van der Waals surface area contributed by atoms with Gasteiger partial charge in [-0.05, 0) is 18.9 Å². The molecule has 0 aliphatic rings. The zero-order valence-corrected chi connectivity index (χ0v) is 12.3. The maximum absolute atomic E-state index is 14.1. The van der Waals surface area contributed by atoms with E-state index in [-0.39, 0.29) is 17.1 Å². The molecule has 0 atom stereocenters. The maximum atomic E-state index is 14.1. The molecule has 0 saturated carbocycles. The molecule has 0 unspecified atom stereocenters. The lowest BCUT2D eigenvalue weighted by atomic mass is 9.97. The highest BCUT2D eigenvalue weighted by molar-refractivity contribution is 6.35. The van der Waals surface area contributed by atoms with Crippen LogP contribution in [-0.4, -0.2) is 25.7 Å². The van der Waals surface area contributed by atoms with Gasteiger partial charge in [-0.15, -0.1) is 5.10 Å². The number of aromatic nitrogens is 3. The van der Waals surface area contributed by atoms with Gasteiger partial charge in [-0.3, -0.25) is 0 Å². The van der Waals surface area contributed by atoms with Crippen LogP contribution in [0.3, 0.4) is 0 Å². The summed E-state index contributed by atoms with van der Waals surface area (Å²) >= 11 is 6.07. The molecule has 4 nitrogen and oxygen atoms in total. The summed E-state index contributed by atoms with van der Waals surface area (Å²) in [5, 5.41) is 18.3. The van der Waals surface area contributed by atoms with Crippen LogP contribution >= 0.6 is 11.6 Å². The Labute approximate surface area is 121 Å². The molecule has 1 aromatic heterocycles. The molecule has 0 aliphatic heterocycles. The number of hydrogen-bond acceptors (Lipinski definition) is 3. The molecule has 1 aromatic carbocycles. The number of hydrogen-bond donors (Lipinski definition) is 1. The molecule has 1 N–H and O–H groups in total. The van der Waals surface area contributed by atoms with Crippen LogP contribution in [0.25, 0.3) is 17.1 Å². The van der Waals surface area contributed by atoms with E-state index in [1.165, 1.54) is 10.8 Å². The lowest BCUT2D eigenvalue weighted by Gasteiger charge is -2.25. The molecular formula is C14H17ClFN3O. The van der Waals surface area contributed by atoms with Crippen LogP contribution in [0.2, 0.25) is 5.02 Å². The molecule has 6 heteroatoms. The Bertz CT molecular complexity index is 649. The van der Waals surface area contributed by atoms with E-state index in [4.69, 9.17) is 11.6 Å². The number of aliphatic hydroxyl groups is 1. The van der Waals surface area contributed by atoms with Gasteiger partial charge in [0.2, 0.25) is 0 Å². The molecule has 1 heterocycles. The van der Waals surface area contributed by atoms with E-state index in [0.717, 1.165) is 0 Å².